The van der Waals surface area contributed by atoms with E-state index in [9.17, 15) is 19.5 Å². The van der Waals surface area contributed by atoms with E-state index in [0.29, 0.717) is 23.9 Å². The third kappa shape index (κ3) is 38.5. The number of esters is 2. The van der Waals surface area contributed by atoms with Crippen LogP contribution in [-0.2, 0) is 33.3 Å². The van der Waals surface area contributed by atoms with Gasteiger partial charge in [0.1, 0.15) is 13.2 Å². The van der Waals surface area contributed by atoms with E-state index >= 15 is 0 Å². The zero-order valence-corrected chi connectivity index (χ0v) is 35.0. The molecule has 0 saturated carbocycles. The summed E-state index contributed by atoms with van der Waals surface area (Å²) < 4.78 is 22.6. The lowest BCUT2D eigenvalue weighted by Crippen LogP contribution is -2.40. The molecule has 312 valence electrons. The number of aliphatic carboxylic acids is 1. The van der Waals surface area contributed by atoms with E-state index in [1.54, 1.807) is 0 Å². The van der Waals surface area contributed by atoms with Crippen molar-refractivity contribution >= 4 is 17.9 Å². The predicted octanol–water partition coefficient (Wildman–Crippen LogP) is 10.5. The van der Waals surface area contributed by atoms with Crippen molar-refractivity contribution in [3.05, 3.63) is 85.1 Å². The summed E-state index contributed by atoms with van der Waals surface area (Å²) in [5.74, 6) is -2.11. The average Bonchev–Trinajstić information content (AvgIpc) is 3.14. The molecule has 0 aliphatic carbocycles. The fourth-order valence-electron chi connectivity index (χ4n) is 4.96. The van der Waals surface area contributed by atoms with Crippen LogP contribution in [0.4, 0.5) is 0 Å². The minimum Gasteiger partial charge on any atom is -0.477 e. The van der Waals surface area contributed by atoms with Gasteiger partial charge in [-0.1, -0.05) is 118 Å². The van der Waals surface area contributed by atoms with Crippen molar-refractivity contribution in [3.63, 3.8) is 0 Å². The largest absolute Gasteiger partial charge is 0.477 e. The molecule has 0 aromatic carbocycles. The van der Waals surface area contributed by atoms with Crippen molar-refractivity contribution < 1.29 is 42.9 Å². The van der Waals surface area contributed by atoms with Gasteiger partial charge < -0.3 is 28.5 Å². The molecular weight excluding hydrogens is 695 g/mol. The zero-order valence-electron chi connectivity index (χ0n) is 35.0. The van der Waals surface area contributed by atoms with Gasteiger partial charge in [0.05, 0.1) is 34.4 Å². The second-order valence-electron chi connectivity index (χ2n) is 14.5. The molecule has 55 heavy (non-hydrogen) atoms. The normalized spacial score (nSPS) is 13.8. The van der Waals surface area contributed by atoms with Crippen LogP contribution in [0.15, 0.2) is 85.1 Å². The van der Waals surface area contributed by atoms with E-state index < -0.39 is 24.3 Å². The van der Waals surface area contributed by atoms with Crippen molar-refractivity contribution in [1.29, 1.82) is 0 Å². The number of hydrogen-bond acceptors (Lipinski definition) is 7. The average molecular weight is 771 g/mol. The van der Waals surface area contributed by atoms with Gasteiger partial charge in [-0.2, -0.15) is 0 Å². The number of hydrogen-bond donors (Lipinski definition) is 1. The highest BCUT2D eigenvalue weighted by molar-refractivity contribution is 5.71. The second kappa shape index (κ2) is 37.4. The number of nitrogens with zero attached hydrogens (tertiary/aromatic N) is 1. The SMILES string of the molecule is CC/C=C\C/C=C\C/C=C\C/C=C\CCCCC(=O)OC(COC(=O)CCCCCCC/C=C\C/C=C\C/C=C\CC)COC(OCC[N+](C)(C)C)C(=O)O. The van der Waals surface area contributed by atoms with Gasteiger partial charge in [0.25, 0.3) is 6.29 Å². The van der Waals surface area contributed by atoms with Crippen LogP contribution in [0, 0.1) is 0 Å². The van der Waals surface area contributed by atoms with Crippen molar-refractivity contribution in [3.8, 4) is 0 Å². The Balaban J connectivity index is 4.61. The molecule has 0 saturated heterocycles. The Hall–Kier alpha value is -3.53. The summed E-state index contributed by atoms with van der Waals surface area (Å²) >= 11 is 0. The zero-order chi connectivity index (χ0) is 40.7. The maximum absolute atomic E-state index is 12.7. The molecule has 2 atom stereocenters. The minimum absolute atomic E-state index is 0.172. The molecule has 9 nitrogen and oxygen atoms in total. The minimum atomic E-state index is -1.53. The summed E-state index contributed by atoms with van der Waals surface area (Å²) in [6.45, 7) is 4.53. The molecule has 0 bridgehead atoms. The number of carboxylic acids is 1. The molecule has 1 N–H and O–H groups in total. The van der Waals surface area contributed by atoms with Gasteiger partial charge in [-0.05, 0) is 83.5 Å². The van der Waals surface area contributed by atoms with Crippen LogP contribution in [0.1, 0.15) is 129 Å². The van der Waals surface area contributed by atoms with E-state index in [1.165, 1.54) is 0 Å². The Morgan fingerprint density at radius 1 is 0.545 bits per heavy atom. The van der Waals surface area contributed by atoms with E-state index in [4.69, 9.17) is 18.9 Å². The summed E-state index contributed by atoms with van der Waals surface area (Å²) in [7, 11) is 5.92. The summed E-state index contributed by atoms with van der Waals surface area (Å²) in [5, 5.41) is 9.61. The van der Waals surface area contributed by atoms with Gasteiger partial charge >= 0.3 is 17.9 Å². The Labute approximate surface area is 334 Å². The molecule has 0 amide bonds. The Kier molecular flexibility index (Phi) is 35.0. The number of ether oxygens (including phenoxy) is 4. The third-order valence-electron chi connectivity index (χ3n) is 8.15. The Morgan fingerprint density at radius 3 is 1.49 bits per heavy atom. The number of rotatable bonds is 36. The van der Waals surface area contributed by atoms with Crippen LogP contribution in [-0.4, -0.2) is 87.4 Å². The maximum atomic E-state index is 12.7. The van der Waals surface area contributed by atoms with Crippen LogP contribution < -0.4 is 0 Å². The molecule has 0 aliphatic rings. The molecule has 2 unspecified atom stereocenters. The number of unbranched alkanes of at least 4 members (excludes halogenated alkanes) is 7. The summed E-state index contributed by atoms with van der Waals surface area (Å²) in [6, 6.07) is 0. The monoisotopic (exact) mass is 771 g/mol. The van der Waals surface area contributed by atoms with Gasteiger partial charge in [-0.25, -0.2) is 4.79 Å². The summed E-state index contributed by atoms with van der Waals surface area (Å²) in [6.07, 6.45) is 43.6. The first-order valence-electron chi connectivity index (χ1n) is 20.8. The Bertz CT molecular complexity index is 1170. The van der Waals surface area contributed by atoms with Crippen molar-refractivity contribution in [1.82, 2.24) is 0 Å². The molecule has 0 aliphatic heterocycles. The molecule has 0 aromatic rings. The fraction of sp³-hybridized carbons (Fsp3) is 0.630. The standard InChI is InChI=1S/C46H75NO8/c1-6-8-10-12-14-16-18-20-22-24-26-28-30-32-34-36-43(48)53-40-42(41-54-46(45(50)51)52-39-38-47(3,4)5)55-44(49)37-35-33-31-29-27-25-23-21-19-17-15-13-11-9-7-2/h8-11,14-17,20-23,27,29,42,46H,6-7,12-13,18-19,24-26,28,30-41H2,1-5H3/p+1/b10-8-,11-9-,16-14-,17-15-,22-20-,23-21-,29-27-. The van der Waals surface area contributed by atoms with Gasteiger partial charge in [0.2, 0.25) is 0 Å². The Morgan fingerprint density at radius 2 is 0.982 bits per heavy atom. The summed E-state index contributed by atoms with van der Waals surface area (Å²) in [5.41, 5.74) is 0. The number of quaternary nitrogens is 1. The number of allylic oxidation sites excluding steroid dienone is 14. The summed E-state index contributed by atoms with van der Waals surface area (Å²) in [4.78, 5) is 37.0. The van der Waals surface area contributed by atoms with Crippen LogP contribution in [0.2, 0.25) is 0 Å². The maximum Gasteiger partial charge on any atom is 0.361 e. The van der Waals surface area contributed by atoms with Crippen LogP contribution >= 0.6 is 0 Å². The number of likely N-dealkylation sites (N-methyl/N-ethyl adjacent to an activating group) is 1. The lowest BCUT2D eigenvalue weighted by molar-refractivity contribution is -0.870. The van der Waals surface area contributed by atoms with Crippen LogP contribution in [0.3, 0.4) is 0 Å². The number of carbonyl (C=O) groups is 3. The molecule has 0 rings (SSSR count). The highest BCUT2D eigenvalue weighted by Gasteiger charge is 2.25. The first kappa shape index (κ1) is 51.5. The highest BCUT2D eigenvalue weighted by Crippen LogP contribution is 2.11. The molecule has 9 heteroatoms. The molecule has 0 aromatic heterocycles. The lowest BCUT2D eigenvalue weighted by Gasteiger charge is -2.25. The highest BCUT2D eigenvalue weighted by atomic mass is 16.7. The van der Waals surface area contributed by atoms with Crippen LogP contribution in [0.5, 0.6) is 0 Å². The number of carboxylic acid groups (broad SMARTS) is 1. The van der Waals surface area contributed by atoms with Crippen LogP contribution in [0.25, 0.3) is 0 Å². The third-order valence-corrected chi connectivity index (χ3v) is 8.15. The first-order valence-corrected chi connectivity index (χ1v) is 20.8. The van der Waals surface area contributed by atoms with Crippen molar-refractivity contribution in [2.45, 2.75) is 142 Å². The second-order valence-corrected chi connectivity index (χ2v) is 14.5. The van der Waals surface area contributed by atoms with Gasteiger partial charge in [0.15, 0.2) is 6.10 Å². The van der Waals surface area contributed by atoms with Gasteiger partial charge in [-0.3, -0.25) is 9.59 Å². The number of carbonyl (C=O) groups excluding carboxylic acids is 2. The molecule has 0 fully saturated rings. The molecule has 0 heterocycles. The predicted molar refractivity (Wildman–Crippen MR) is 226 cm³/mol. The quantitative estimate of drug-likeness (QED) is 0.0221. The van der Waals surface area contributed by atoms with Gasteiger partial charge in [-0.15, -0.1) is 0 Å². The topological polar surface area (TPSA) is 108 Å². The smallest absolute Gasteiger partial charge is 0.361 e. The van der Waals surface area contributed by atoms with Gasteiger partial charge in [0, 0.05) is 12.8 Å². The van der Waals surface area contributed by atoms with E-state index in [-0.39, 0.29) is 38.6 Å². The van der Waals surface area contributed by atoms with E-state index in [1.807, 2.05) is 21.1 Å². The van der Waals surface area contributed by atoms with Crippen molar-refractivity contribution in [2.24, 2.45) is 0 Å². The lowest BCUT2D eigenvalue weighted by atomic mass is 10.1. The van der Waals surface area contributed by atoms with E-state index in [2.05, 4.69) is 98.9 Å². The van der Waals surface area contributed by atoms with E-state index in [0.717, 1.165) is 89.9 Å². The first-order chi connectivity index (χ1) is 26.6. The van der Waals surface area contributed by atoms with Crippen molar-refractivity contribution in [2.75, 3.05) is 47.5 Å². The fourth-order valence-corrected chi connectivity index (χ4v) is 4.96. The molecule has 0 radical (unpaired) electrons. The molecule has 0 spiro atoms. The molecular formula is C46H76NO8+.